The fraction of sp³-hybridized carbons (Fsp3) is 0.263. The molecule has 0 unspecified atom stereocenters. The fourth-order valence-corrected chi connectivity index (χ4v) is 2.39. The van der Waals surface area contributed by atoms with Crippen LogP contribution in [0.15, 0.2) is 41.0 Å². The third-order valence-electron chi connectivity index (χ3n) is 3.81. The van der Waals surface area contributed by atoms with Crippen molar-refractivity contribution in [1.29, 1.82) is 0 Å². The van der Waals surface area contributed by atoms with Gasteiger partial charge in [-0.1, -0.05) is 0 Å². The summed E-state index contributed by atoms with van der Waals surface area (Å²) in [4.78, 5) is 47.1. The predicted octanol–water partition coefficient (Wildman–Crippen LogP) is 0.323. The molecule has 10 heteroatoms. The van der Waals surface area contributed by atoms with Crippen molar-refractivity contribution in [3.05, 3.63) is 47.9 Å². The quantitative estimate of drug-likeness (QED) is 0.477. The van der Waals surface area contributed by atoms with E-state index in [4.69, 9.17) is 18.6 Å². The van der Waals surface area contributed by atoms with Crippen molar-refractivity contribution in [3.8, 4) is 11.5 Å². The van der Waals surface area contributed by atoms with E-state index in [1.165, 1.54) is 24.5 Å². The van der Waals surface area contributed by atoms with Crippen LogP contribution in [0.1, 0.15) is 20.9 Å². The fourth-order valence-electron chi connectivity index (χ4n) is 2.39. The zero-order valence-electron chi connectivity index (χ0n) is 15.3. The molecule has 2 N–H and O–H groups in total. The van der Waals surface area contributed by atoms with Crippen LogP contribution in [-0.2, 0) is 14.3 Å². The van der Waals surface area contributed by atoms with Crippen molar-refractivity contribution in [3.63, 3.8) is 0 Å². The van der Waals surface area contributed by atoms with E-state index >= 15 is 0 Å². The number of Topliss-reactive ketones (excluding diaryl/α,β-unsaturated/α-hetero) is 1. The van der Waals surface area contributed by atoms with Gasteiger partial charge in [-0.2, -0.15) is 0 Å². The summed E-state index contributed by atoms with van der Waals surface area (Å²) in [5.74, 6) is -1.30. The first-order valence-electron chi connectivity index (χ1n) is 8.70. The lowest BCUT2D eigenvalue weighted by Crippen LogP contribution is -2.39. The van der Waals surface area contributed by atoms with Crippen molar-refractivity contribution in [2.24, 2.45) is 0 Å². The number of nitrogens with one attached hydrogen (secondary N) is 2. The Hall–Kier alpha value is -3.82. The van der Waals surface area contributed by atoms with Crippen molar-refractivity contribution in [1.82, 2.24) is 10.6 Å². The van der Waals surface area contributed by atoms with Gasteiger partial charge in [0.1, 0.15) is 19.8 Å². The standard InChI is InChI=1S/C19H18N2O8/c22-13(12-3-4-14-16(8-12)28-7-6-27-14)11-29-18(24)10-20-17(23)9-21-19(25)15-2-1-5-26-15/h1-5,8H,6-7,9-11H2,(H,20,23)(H,21,25). The summed E-state index contributed by atoms with van der Waals surface area (Å²) in [7, 11) is 0. The van der Waals surface area contributed by atoms with Crippen LogP contribution < -0.4 is 20.1 Å². The topological polar surface area (TPSA) is 133 Å². The van der Waals surface area contributed by atoms with Gasteiger partial charge in [-0.15, -0.1) is 0 Å². The first-order valence-corrected chi connectivity index (χ1v) is 8.70. The number of esters is 1. The number of carbonyl (C=O) groups excluding carboxylic acids is 4. The predicted molar refractivity (Wildman–Crippen MR) is 96.8 cm³/mol. The van der Waals surface area contributed by atoms with Crippen LogP contribution in [-0.4, -0.2) is 56.5 Å². The third kappa shape index (κ3) is 5.58. The second-order valence-corrected chi connectivity index (χ2v) is 5.88. The molecular formula is C19H18N2O8. The Morgan fingerprint density at radius 2 is 1.76 bits per heavy atom. The molecule has 0 atom stereocenters. The van der Waals surface area contributed by atoms with E-state index in [1.54, 1.807) is 12.1 Å². The van der Waals surface area contributed by atoms with Crippen molar-refractivity contribution < 1.29 is 37.8 Å². The largest absolute Gasteiger partial charge is 0.486 e. The average molecular weight is 402 g/mol. The molecule has 0 bridgehead atoms. The van der Waals surface area contributed by atoms with Crippen LogP contribution in [0.25, 0.3) is 0 Å². The molecule has 1 aliphatic rings. The molecule has 1 aliphatic heterocycles. The van der Waals surface area contributed by atoms with E-state index in [9.17, 15) is 19.2 Å². The molecular weight excluding hydrogens is 384 g/mol. The lowest BCUT2D eigenvalue weighted by Gasteiger charge is -2.18. The molecule has 0 fully saturated rings. The highest BCUT2D eigenvalue weighted by molar-refractivity contribution is 5.99. The zero-order valence-corrected chi connectivity index (χ0v) is 15.3. The van der Waals surface area contributed by atoms with Gasteiger partial charge in [0.2, 0.25) is 5.91 Å². The van der Waals surface area contributed by atoms with Crippen LogP contribution in [0, 0.1) is 0 Å². The van der Waals surface area contributed by atoms with Crippen LogP contribution >= 0.6 is 0 Å². The molecule has 1 aromatic heterocycles. The normalized spacial score (nSPS) is 12.0. The Morgan fingerprint density at radius 1 is 0.966 bits per heavy atom. The van der Waals surface area contributed by atoms with Crippen LogP contribution in [0.2, 0.25) is 0 Å². The third-order valence-corrected chi connectivity index (χ3v) is 3.81. The molecule has 1 aromatic carbocycles. The summed E-state index contributed by atoms with van der Waals surface area (Å²) in [6.45, 7) is -0.437. The van der Waals surface area contributed by atoms with Gasteiger partial charge in [0.05, 0.1) is 12.8 Å². The molecule has 0 saturated heterocycles. The van der Waals surface area contributed by atoms with E-state index in [0.29, 0.717) is 30.3 Å². The molecule has 2 aromatic rings. The minimum Gasteiger partial charge on any atom is -0.486 e. The lowest BCUT2D eigenvalue weighted by atomic mass is 10.1. The van der Waals surface area contributed by atoms with Crippen molar-refractivity contribution in [2.75, 3.05) is 32.9 Å². The van der Waals surface area contributed by atoms with E-state index in [-0.39, 0.29) is 12.3 Å². The Morgan fingerprint density at radius 3 is 2.52 bits per heavy atom. The Labute approximate surface area is 165 Å². The minimum absolute atomic E-state index is 0.0647. The van der Waals surface area contributed by atoms with E-state index in [1.807, 2.05) is 0 Å². The van der Waals surface area contributed by atoms with Gasteiger partial charge in [0.15, 0.2) is 29.6 Å². The number of hydrogen-bond donors (Lipinski definition) is 2. The summed E-state index contributed by atoms with van der Waals surface area (Å²) < 4.78 is 20.5. The Kier molecular flexibility index (Phi) is 6.46. The van der Waals surface area contributed by atoms with Gasteiger partial charge in [0, 0.05) is 5.56 Å². The number of furan rings is 1. The monoisotopic (exact) mass is 402 g/mol. The highest BCUT2D eigenvalue weighted by Crippen LogP contribution is 2.30. The van der Waals surface area contributed by atoms with Crippen molar-refractivity contribution >= 4 is 23.6 Å². The van der Waals surface area contributed by atoms with Gasteiger partial charge in [-0.3, -0.25) is 19.2 Å². The SMILES string of the molecule is O=C(CNC(=O)c1ccco1)NCC(=O)OCC(=O)c1ccc2c(c1)OCCO2. The summed E-state index contributed by atoms with van der Waals surface area (Å²) in [5, 5.41) is 4.61. The number of ketones is 1. The van der Waals surface area contributed by atoms with Gasteiger partial charge >= 0.3 is 5.97 Å². The number of benzene rings is 1. The Bertz CT molecular complexity index is 907. The van der Waals surface area contributed by atoms with E-state index in [2.05, 4.69) is 10.6 Å². The molecule has 0 aliphatic carbocycles. The smallest absolute Gasteiger partial charge is 0.325 e. The van der Waals surface area contributed by atoms with Gasteiger partial charge in [-0.25, -0.2) is 0 Å². The summed E-state index contributed by atoms with van der Waals surface area (Å²) >= 11 is 0. The molecule has 3 rings (SSSR count). The molecule has 152 valence electrons. The van der Waals surface area contributed by atoms with Gasteiger partial charge < -0.3 is 29.3 Å². The maximum Gasteiger partial charge on any atom is 0.325 e. The second-order valence-electron chi connectivity index (χ2n) is 5.88. The molecule has 0 spiro atoms. The second kappa shape index (κ2) is 9.40. The van der Waals surface area contributed by atoms with Crippen LogP contribution in [0.3, 0.4) is 0 Å². The molecule has 0 saturated carbocycles. The Balaban J connectivity index is 1.36. The zero-order chi connectivity index (χ0) is 20.6. The van der Waals surface area contributed by atoms with Crippen LogP contribution in [0.5, 0.6) is 11.5 Å². The van der Waals surface area contributed by atoms with Crippen molar-refractivity contribution in [2.45, 2.75) is 0 Å². The van der Waals surface area contributed by atoms with Gasteiger partial charge in [0.25, 0.3) is 5.91 Å². The molecule has 29 heavy (non-hydrogen) atoms. The van der Waals surface area contributed by atoms with Gasteiger partial charge in [-0.05, 0) is 30.3 Å². The number of carbonyl (C=O) groups is 4. The minimum atomic E-state index is -0.790. The van der Waals surface area contributed by atoms with Crippen LogP contribution in [0.4, 0.5) is 0 Å². The molecule has 2 heterocycles. The lowest BCUT2D eigenvalue weighted by molar-refractivity contribution is -0.142. The first-order chi connectivity index (χ1) is 14.0. The maximum absolute atomic E-state index is 12.1. The first kappa shape index (κ1) is 19.9. The molecule has 0 radical (unpaired) electrons. The summed E-state index contributed by atoms with van der Waals surface area (Å²) in [5.41, 5.74) is 0.312. The number of fused-ring (bicyclic) bond motifs is 1. The molecule has 10 nitrogen and oxygen atoms in total. The van der Waals surface area contributed by atoms with E-state index < -0.39 is 36.7 Å². The number of rotatable bonds is 8. The highest BCUT2D eigenvalue weighted by atomic mass is 16.6. The highest BCUT2D eigenvalue weighted by Gasteiger charge is 2.17. The molecule has 2 amide bonds. The summed E-state index contributed by atoms with van der Waals surface area (Å²) in [6.07, 6.45) is 1.33. The van der Waals surface area contributed by atoms with E-state index in [0.717, 1.165) is 0 Å². The maximum atomic E-state index is 12.1. The average Bonchev–Trinajstić information content (AvgIpc) is 3.29. The number of ether oxygens (including phenoxy) is 3. The number of hydrogen-bond acceptors (Lipinski definition) is 8. The summed E-state index contributed by atoms with van der Waals surface area (Å²) in [6, 6.07) is 7.67. The number of amides is 2.